The van der Waals surface area contributed by atoms with Crippen LogP contribution in [0.2, 0.25) is 0 Å². The molecule has 10 nitrogen and oxygen atoms in total. The molecule has 3 aromatic heterocycles. The molecule has 5 aromatic rings. The summed E-state index contributed by atoms with van der Waals surface area (Å²) >= 11 is 1.51. The fourth-order valence-corrected chi connectivity index (χ4v) is 6.14. The number of nitrogens with zero attached hydrogens (tertiary/aromatic N) is 5. The molecular weight excluding hydrogens is 569 g/mol. The molecule has 7 rings (SSSR count). The van der Waals surface area contributed by atoms with Crippen LogP contribution in [-0.2, 0) is 16.0 Å². The lowest BCUT2D eigenvalue weighted by atomic mass is 10.2. The largest absolute Gasteiger partial charge is 0.445 e. The molecule has 2 N–H and O–H groups in total. The van der Waals surface area contributed by atoms with Gasteiger partial charge in [-0.15, -0.1) is 11.3 Å². The lowest BCUT2D eigenvalue weighted by Gasteiger charge is -2.27. The van der Waals surface area contributed by atoms with Gasteiger partial charge in [-0.3, -0.25) is 10.00 Å². The summed E-state index contributed by atoms with van der Waals surface area (Å²) in [5, 5.41) is 13.1. The lowest BCUT2D eigenvalue weighted by Crippen LogP contribution is -2.42. The summed E-state index contributed by atoms with van der Waals surface area (Å²) in [7, 11) is 0. The van der Waals surface area contributed by atoms with Gasteiger partial charge >= 0.3 is 6.09 Å². The van der Waals surface area contributed by atoms with Gasteiger partial charge in [-0.05, 0) is 42.0 Å². The summed E-state index contributed by atoms with van der Waals surface area (Å²) in [6.45, 7) is 3.27. The Morgan fingerprint density at radius 1 is 1.19 bits per heavy atom. The highest BCUT2D eigenvalue weighted by molar-refractivity contribution is 7.19. The minimum atomic E-state index is -0.288. The number of carbonyl (C=O) groups is 1. The highest BCUT2D eigenvalue weighted by Gasteiger charge is 2.28. The number of halogens is 1. The minimum Gasteiger partial charge on any atom is -0.445 e. The average molecular weight is 598 g/mol. The molecular formula is C31H28FN7O3S. The number of hydrogen-bond donors (Lipinski definition) is 2. The van der Waals surface area contributed by atoms with Gasteiger partial charge in [0.1, 0.15) is 28.9 Å². The summed E-state index contributed by atoms with van der Waals surface area (Å²) in [5.74, 6) is 6.97. The van der Waals surface area contributed by atoms with E-state index in [0.717, 1.165) is 37.2 Å². The zero-order valence-corrected chi connectivity index (χ0v) is 23.9. The first kappa shape index (κ1) is 27.3. The highest BCUT2D eigenvalue weighted by atomic mass is 32.1. The average Bonchev–Trinajstić information content (AvgIpc) is 3.75. The van der Waals surface area contributed by atoms with Crippen LogP contribution in [-0.4, -0.2) is 75.7 Å². The molecule has 1 amide bonds. The normalized spacial score (nSPS) is 18.5. The minimum absolute atomic E-state index is 0.0649. The van der Waals surface area contributed by atoms with Crippen molar-refractivity contribution in [3.05, 3.63) is 77.3 Å². The molecule has 2 aliphatic rings. The van der Waals surface area contributed by atoms with E-state index in [1.165, 1.54) is 23.5 Å². The molecule has 2 aliphatic heterocycles. The number of morpholine rings is 1. The Kier molecular flexibility index (Phi) is 7.59. The number of anilines is 2. The van der Waals surface area contributed by atoms with E-state index >= 15 is 0 Å². The van der Waals surface area contributed by atoms with Crippen molar-refractivity contribution in [2.45, 2.75) is 25.1 Å². The third kappa shape index (κ3) is 6.15. The number of carbonyl (C=O) groups excluding carboxylic acids is 1. The zero-order valence-electron chi connectivity index (χ0n) is 23.1. The fraction of sp³-hybridized carbons (Fsp3) is 0.290. The van der Waals surface area contributed by atoms with E-state index in [0.29, 0.717) is 51.6 Å². The number of benzene rings is 2. The molecule has 218 valence electrons. The Labute approximate surface area is 250 Å². The second kappa shape index (κ2) is 12.0. The van der Waals surface area contributed by atoms with Crippen molar-refractivity contribution in [2.75, 3.05) is 38.2 Å². The van der Waals surface area contributed by atoms with Gasteiger partial charge in [-0.1, -0.05) is 24.0 Å². The van der Waals surface area contributed by atoms with Crippen LogP contribution >= 0.6 is 11.3 Å². The topological polar surface area (TPSA) is 106 Å². The van der Waals surface area contributed by atoms with E-state index < -0.39 is 0 Å². The first-order valence-corrected chi connectivity index (χ1v) is 14.9. The fourth-order valence-electron chi connectivity index (χ4n) is 5.28. The molecule has 0 spiro atoms. The maximum atomic E-state index is 13.6. The number of amides is 1. The lowest BCUT2D eigenvalue weighted by molar-refractivity contribution is 0.0156. The van der Waals surface area contributed by atoms with E-state index in [2.05, 4.69) is 37.5 Å². The Bertz CT molecular complexity index is 1860. The van der Waals surface area contributed by atoms with Gasteiger partial charge in [-0.2, -0.15) is 5.10 Å². The monoisotopic (exact) mass is 597 g/mol. The van der Waals surface area contributed by atoms with Crippen molar-refractivity contribution < 1.29 is 18.7 Å². The van der Waals surface area contributed by atoms with Gasteiger partial charge < -0.3 is 19.7 Å². The van der Waals surface area contributed by atoms with Crippen LogP contribution in [0, 0.1) is 17.7 Å². The van der Waals surface area contributed by atoms with E-state index in [-0.39, 0.29) is 24.1 Å². The second-order valence-electron chi connectivity index (χ2n) is 10.5. The van der Waals surface area contributed by atoms with Crippen molar-refractivity contribution in [3.63, 3.8) is 0 Å². The van der Waals surface area contributed by atoms with Crippen molar-refractivity contribution in [1.82, 2.24) is 30.0 Å². The Morgan fingerprint density at radius 3 is 2.98 bits per heavy atom. The van der Waals surface area contributed by atoms with Crippen molar-refractivity contribution in [3.8, 4) is 11.8 Å². The number of fused-ring (bicyclic) bond motifs is 2. The third-order valence-corrected chi connectivity index (χ3v) is 8.41. The molecule has 2 unspecified atom stereocenters. The number of hydrogen-bond acceptors (Lipinski definition) is 9. The maximum Gasteiger partial charge on any atom is 0.410 e. The van der Waals surface area contributed by atoms with Gasteiger partial charge in [0.2, 0.25) is 0 Å². The smallest absolute Gasteiger partial charge is 0.410 e. The molecule has 5 heterocycles. The Hall–Kier alpha value is -4.57. The van der Waals surface area contributed by atoms with Crippen LogP contribution in [0.4, 0.5) is 20.7 Å². The molecule has 0 bridgehead atoms. The quantitative estimate of drug-likeness (QED) is 0.285. The van der Waals surface area contributed by atoms with E-state index in [4.69, 9.17) is 9.47 Å². The van der Waals surface area contributed by atoms with Gasteiger partial charge in [0.05, 0.1) is 47.8 Å². The van der Waals surface area contributed by atoms with Crippen LogP contribution in [0.5, 0.6) is 0 Å². The summed E-state index contributed by atoms with van der Waals surface area (Å²) < 4.78 is 26.5. The van der Waals surface area contributed by atoms with Gasteiger partial charge in [0, 0.05) is 37.1 Å². The van der Waals surface area contributed by atoms with E-state index in [9.17, 15) is 9.18 Å². The first-order chi connectivity index (χ1) is 21.1. The Balaban J connectivity index is 1.02. The number of aromatic nitrogens is 4. The summed E-state index contributed by atoms with van der Waals surface area (Å²) in [4.78, 5) is 24.7. The van der Waals surface area contributed by atoms with Gasteiger partial charge in [0.25, 0.3) is 0 Å². The standard InChI is InChI=1S/C31H28FN7O3S/c32-22-3-1-2-20(12-22)18-39-28-7-5-24(13-21(28)16-36-39)37-29-27-15-26(43-30(27)35-19-34-29)6-4-23-14-25(17-33-23)42-31(40)38-8-10-41-11-9-38/h1-3,5,7,12-13,15-16,19,23,25,33H,8-11,14,17-18H2,(H,34,35,37). The van der Waals surface area contributed by atoms with Gasteiger partial charge in [-0.25, -0.2) is 19.2 Å². The molecule has 12 heteroatoms. The van der Waals surface area contributed by atoms with Crippen molar-refractivity contribution in [2.24, 2.45) is 0 Å². The number of ether oxygens (including phenoxy) is 2. The molecule has 43 heavy (non-hydrogen) atoms. The highest BCUT2D eigenvalue weighted by Crippen LogP contribution is 2.30. The number of rotatable bonds is 5. The third-order valence-electron chi connectivity index (χ3n) is 7.45. The number of nitrogens with one attached hydrogen (secondary N) is 2. The Morgan fingerprint density at radius 2 is 2.09 bits per heavy atom. The van der Waals surface area contributed by atoms with Crippen LogP contribution < -0.4 is 10.6 Å². The molecule has 0 radical (unpaired) electrons. The first-order valence-electron chi connectivity index (χ1n) is 14.1. The summed E-state index contributed by atoms with van der Waals surface area (Å²) in [5.41, 5.74) is 2.67. The van der Waals surface area contributed by atoms with Crippen molar-refractivity contribution in [1.29, 1.82) is 0 Å². The van der Waals surface area contributed by atoms with Crippen LogP contribution in [0.1, 0.15) is 16.9 Å². The molecule has 0 aliphatic carbocycles. The summed E-state index contributed by atoms with van der Waals surface area (Å²) in [6, 6.07) is 14.5. The SMILES string of the molecule is O=C(OC1CNC(C#Cc2cc3c(Nc4ccc5c(cnn5Cc5cccc(F)c5)c4)ncnc3s2)C1)N1CCOCC1. The molecule has 2 aromatic carbocycles. The second-order valence-corrected chi connectivity index (χ2v) is 11.5. The van der Waals surface area contributed by atoms with Crippen LogP contribution in [0.15, 0.2) is 61.1 Å². The van der Waals surface area contributed by atoms with E-state index in [1.54, 1.807) is 23.5 Å². The van der Waals surface area contributed by atoms with Crippen LogP contribution in [0.3, 0.4) is 0 Å². The maximum absolute atomic E-state index is 13.6. The zero-order chi connectivity index (χ0) is 29.2. The molecule has 2 fully saturated rings. The van der Waals surface area contributed by atoms with Gasteiger partial charge in [0.15, 0.2) is 0 Å². The van der Waals surface area contributed by atoms with Crippen molar-refractivity contribution >= 4 is 50.1 Å². The number of thiophene rings is 1. The predicted octanol–water partition coefficient (Wildman–Crippen LogP) is 4.52. The molecule has 0 saturated carbocycles. The predicted molar refractivity (Wildman–Crippen MR) is 162 cm³/mol. The van der Waals surface area contributed by atoms with E-state index in [1.807, 2.05) is 35.0 Å². The summed E-state index contributed by atoms with van der Waals surface area (Å²) in [6.07, 6.45) is 3.49. The molecule has 2 saturated heterocycles. The molecule has 2 atom stereocenters. The van der Waals surface area contributed by atoms with Crippen LogP contribution in [0.25, 0.3) is 21.1 Å².